The molecule has 5 nitrogen and oxygen atoms in total. The smallest absolute Gasteiger partial charge is 0.430 e. The van der Waals surface area contributed by atoms with Crippen LogP contribution in [0.15, 0.2) is 12.7 Å². The summed E-state index contributed by atoms with van der Waals surface area (Å²) in [7, 11) is 0. The molecule has 14 heavy (non-hydrogen) atoms. The van der Waals surface area contributed by atoms with Crippen molar-refractivity contribution in [2.24, 2.45) is 0 Å². The summed E-state index contributed by atoms with van der Waals surface area (Å²) in [6, 6.07) is -0.369. The molecule has 0 amide bonds. The molecule has 0 bridgehead atoms. The molecule has 0 spiro atoms. The Morgan fingerprint density at radius 1 is 1.57 bits per heavy atom. The number of ether oxygens (including phenoxy) is 2. The lowest BCUT2D eigenvalue weighted by Crippen LogP contribution is -2.34. The van der Waals surface area contributed by atoms with Gasteiger partial charge in [0.25, 0.3) is 0 Å². The number of esters is 1. The average Bonchev–Trinajstić information content (AvgIpc) is 2.67. The molecule has 1 atom stereocenters. The van der Waals surface area contributed by atoms with E-state index < -0.39 is 12.1 Å². The first-order valence-corrected chi connectivity index (χ1v) is 4.46. The van der Waals surface area contributed by atoms with E-state index in [2.05, 4.69) is 21.4 Å². The van der Waals surface area contributed by atoms with Gasteiger partial charge in [-0.2, -0.15) is 0 Å². The van der Waals surface area contributed by atoms with Gasteiger partial charge in [-0.25, -0.2) is 9.59 Å². The molecule has 1 aliphatic heterocycles. The number of nitrogens with one attached hydrogen (secondary N) is 1. The molecule has 5 heteroatoms. The Labute approximate surface area is 82.1 Å². The lowest BCUT2D eigenvalue weighted by molar-refractivity contribution is -0.141. The highest BCUT2D eigenvalue weighted by molar-refractivity contribution is 5.85. The van der Waals surface area contributed by atoms with Crippen LogP contribution >= 0.6 is 0 Å². The van der Waals surface area contributed by atoms with Gasteiger partial charge >= 0.3 is 12.1 Å². The van der Waals surface area contributed by atoms with Crippen molar-refractivity contribution in [1.82, 2.24) is 5.32 Å². The molecule has 78 valence electrons. The van der Waals surface area contributed by atoms with E-state index in [0.29, 0.717) is 6.42 Å². The van der Waals surface area contributed by atoms with Crippen LogP contribution in [0.4, 0.5) is 4.79 Å². The fraction of sp³-hybridized carbons (Fsp3) is 0.556. The molecule has 1 N–H and O–H groups in total. The van der Waals surface area contributed by atoms with Crippen LogP contribution in [0.25, 0.3) is 0 Å². The summed E-state index contributed by atoms with van der Waals surface area (Å²) < 4.78 is 8.92. The van der Waals surface area contributed by atoms with Crippen molar-refractivity contribution in [2.45, 2.75) is 18.9 Å². The van der Waals surface area contributed by atoms with Gasteiger partial charge in [-0.1, -0.05) is 12.7 Å². The van der Waals surface area contributed by atoms with E-state index in [4.69, 9.17) is 0 Å². The minimum absolute atomic E-state index is 0.0458. The third-order valence-corrected chi connectivity index (χ3v) is 1.85. The Morgan fingerprint density at radius 3 is 2.93 bits per heavy atom. The number of carbonyl (C=O) groups is 2. The maximum absolute atomic E-state index is 11.2. The van der Waals surface area contributed by atoms with Crippen molar-refractivity contribution in [3.63, 3.8) is 0 Å². The third-order valence-electron chi connectivity index (χ3n) is 1.85. The van der Waals surface area contributed by atoms with Gasteiger partial charge in [-0.3, -0.25) is 0 Å². The lowest BCUT2D eigenvalue weighted by Gasteiger charge is -2.07. The summed E-state index contributed by atoms with van der Waals surface area (Å²) in [5, 5.41) is 2.92. The van der Waals surface area contributed by atoms with E-state index in [-0.39, 0.29) is 12.6 Å². The third kappa shape index (κ3) is 3.18. The monoisotopic (exact) mass is 199 g/mol. The molecule has 0 aromatic rings. The first-order chi connectivity index (χ1) is 6.74. The van der Waals surface area contributed by atoms with Crippen molar-refractivity contribution in [1.29, 1.82) is 0 Å². The van der Waals surface area contributed by atoms with Crippen LogP contribution in [-0.2, 0) is 14.3 Å². The number of hydrogen-bond donors (Lipinski definition) is 1. The summed E-state index contributed by atoms with van der Waals surface area (Å²) in [5.74, 6) is -0.573. The molecule has 1 heterocycles. The van der Waals surface area contributed by atoms with Crippen molar-refractivity contribution < 1.29 is 19.1 Å². The first kappa shape index (κ1) is 10.7. The SMILES string of the molecule is C=CCOC(=O)OC(=O)[C@@H]1CCCN1. The number of rotatable bonds is 3. The Balaban J connectivity index is 2.24. The Hall–Kier alpha value is -1.36. The van der Waals surface area contributed by atoms with Crippen LogP contribution < -0.4 is 5.32 Å². The van der Waals surface area contributed by atoms with E-state index >= 15 is 0 Å². The highest BCUT2D eigenvalue weighted by atomic mass is 16.7. The molecule has 1 fully saturated rings. The maximum Gasteiger partial charge on any atom is 0.516 e. The molecule has 1 rings (SSSR count). The van der Waals surface area contributed by atoms with Crippen LogP contribution in [-0.4, -0.2) is 31.3 Å². The van der Waals surface area contributed by atoms with Crippen LogP contribution in [0.1, 0.15) is 12.8 Å². The summed E-state index contributed by atoms with van der Waals surface area (Å²) in [6.07, 6.45) is 2.05. The summed E-state index contributed by atoms with van der Waals surface area (Å²) in [5.41, 5.74) is 0. The first-order valence-electron chi connectivity index (χ1n) is 4.46. The summed E-state index contributed by atoms with van der Waals surface area (Å²) in [4.78, 5) is 22.0. The van der Waals surface area contributed by atoms with E-state index in [9.17, 15) is 9.59 Å². The minimum atomic E-state index is -0.969. The predicted molar refractivity (Wildman–Crippen MR) is 48.7 cm³/mol. The zero-order chi connectivity index (χ0) is 10.4. The standard InChI is InChI=1S/C9H13NO4/c1-2-6-13-9(12)14-8(11)7-4-3-5-10-7/h2,7,10H,1,3-6H2/t7-/m0/s1. The maximum atomic E-state index is 11.2. The predicted octanol–water partition coefficient (Wildman–Crippen LogP) is 0.604. The lowest BCUT2D eigenvalue weighted by atomic mass is 10.2. The quantitative estimate of drug-likeness (QED) is 0.409. The van der Waals surface area contributed by atoms with Gasteiger partial charge < -0.3 is 14.8 Å². The second-order valence-electron chi connectivity index (χ2n) is 2.92. The fourth-order valence-electron chi connectivity index (χ4n) is 1.20. The Kier molecular flexibility index (Phi) is 4.12. The molecule has 0 saturated carbocycles. The number of carbonyl (C=O) groups excluding carboxylic acids is 2. The van der Waals surface area contributed by atoms with E-state index in [0.717, 1.165) is 13.0 Å². The Bertz CT molecular complexity index is 233. The van der Waals surface area contributed by atoms with E-state index in [1.807, 2.05) is 0 Å². The number of hydrogen-bond acceptors (Lipinski definition) is 5. The van der Waals surface area contributed by atoms with Gasteiger partial charge in [0.05, 0.1) is 0 Å². The summed E-state index contributed by atoms with van der Waals surface area (Å²) in [6.45, 7) is 4.18. The molecular formula is C9H13NO4. The van der Waals surface area contributed by atoms with Crippen molar-refractivity contribution in [3.8, 4) is 0 Å². The molecule has 1 saturated heterocycles. The second-order valence-corrected chi connectivity index (χ2v) is 2.92. The molecule has 0 unspecified atom stereocenters. The molecule has 0 aliphatic carbocycles. The van der Waals surface area contributed by atoms with E-state index in [1.54, 1.807) is 0 Å². The van der Waals surface area contributed by atoms with Gasteiger partial charge in [0.2, 0.25) is 0 Å². The van der Waals surface area contributed by atoms with Gasteiger partial charge in [-0.05, 0) is 19.4 Å². The fourth-order valence-corrected chi connectivity index (χ4v) is 1.20. The highest BCUT2D eigenvalue weighted by Crippen LogP contribution is 2.06. The molecule has 0 aromatic heterocycles. The van der Waals surface area contributed by atoms with Crippen LogP contribution in [0, 0.1) is 0 Å². The van der Waals surface area contributed by atoms with Crippen LogP contribution in [0.2, 0.25) is 0 Å². The van der Waals surface area contributed by atoms with Crippen molar-refractivity contribution in [3.05, 3.63) is 12.7 Å². The van der Waals surface area contributed by atoms with Gasteiger partial charge in [-0.15, -0.1) is 0 Å². The Morgan fingerprint density at radius 2 is 2.36 bits per heavy atom. The largest absolute Gasteiger partial charge is 0.516 e. The minimum Gasteiger partial charge on any atom is -0.430 e. The normalized spacial score (nSPS) is 20.1. The van der Waals surface area contributed by atoms with Crippen LogP contribution in [0.3, 0.4) is 0 Å². The van der Waals surface area contributed by atoms with Gasteiger partial charge in [0, 0.05) is 0 Å². The van der Waals surface area contributed by atoms with Crippen molar-refractivity contribution in [2.75, 3.05) is 13.2 Å². The van der Waals surface area contributed by atoms with Crippen molar-refractivity contribution >= 4 is 12.1 Å². The zero-order valence-electron chi connectivity index (χ0n) is 7.82. The van der Waals surface area contributed by atoms with Crippen LogP contribution in [0.5, 0.6) is 0 Å². The second kappa shape index (κ2) is 5.39. The van der Waals surface area contributed by atoms with Gasteiger partial charge in [0.1, 0.15) is 12.6 Å². The zero-order valence-corrected chi connectivity index (χ0v) is 7.82. The average molecular weight is 199 g/mol. The topological polar surface area (TPSA) is 64.6 Å². The highest BCUT2D eigenvalue weighted by Gasteiger charge is 2.25. The molecule has 0 aromatic carbocycles. The molecule has 0 radical (unpaired) electrons. The molecule has 1 aliphatic rings. The van der Waals surface area contributed by atoms with E-state index in [1.165, 1.54) is 6.08 Å². The summed E-state index contributed by atoms with van der Waals surface area (Å²) >= 11 is 0. The molecular weight excluding hydrogens is 186 g/mol. The van der Waals surface area contributed by atoms with Gasteiger partial charge in [0.15, 0.2) is 0 Å².